The monoisotopic (exact) mass is 220 g/mol. The van der Waals surface area contributed by atoms with E-state index in [1.54, 1.807) is 0 Å². The van der Waals surface area contributed by atoms with E-state index >= 15 is 0 Å². The zero-order valence-corrected chi connectivity index (χ0v) is 10.2. The summed E-state index contributed by atoms with van der Waals surface area (Å²) in [6, 6.07) is 3.92. The van der Waals surface area contributed by atoms with E-state index in [0.717, 1.165) is 18.5 Å². The van der Waals surface area contributed by atoms with E-state index < -0.39 is 0 Å². The van der Waals surface area contributed by atoms with E-state index in [1.807, 2.05) is 39.2 Å². The molecule has 1 N–H and O–H groups in total. The van der Waals surface area contributed by atoms with Crippen LogP contribution in [0.4, 0.5) is 0 Å². The van der Waals surface area contributed by atoms with E-state index in [4.69, 9.17) is 4.74 Å². The van der Waals surface area contributed by atoms with Gasteiger partial charge in [0.05, 0.1) is 6.10 Å². The fraction of sp³-hybridized carbons (Fsp3) is 0.462. The first-order valence-electron chi connectivity index (χ1n) is 5.66. The summed E-state index contributed by atoms with van der Waals surface area (Å²) in [6.07, 6.45) is 7.23. The van der Waals surface area contributed by atoms with Crippen LogP contribution in [0.2, 0.25) is 0 Å². The first-order valence-corrected chi connectivity index (χ1v) is 5.66. The molecule has 16 heavy (non-hydrogen) atoms. The van der Waals surface area contributed by atoms with Crippen LogP contribution in [-0.2, 0) is 0 Å². The first-order chi connectivity index (χ1) is 7.72. The molecule has 0 atom stereocenters. The standard InChI is InChI=1S/C13H20N2O/c1-11(2)16-13-8-7-12(10-15-13)6-4-5-9-14-3/h4,6-8,10-11,14H,5,9H2,1-3H3/b6-4+. The van der Waals surface area contributed by atoms with Gasteiger partial charge in [-0.3, -0.25) is 0 Å². The molecule has 88 valence electrons. The molecule has 3 nitrogen and oxygen atoms in total. The Morgan fingerprint density at radius 3 is 2.81 bits per heavy atom. The summed E-state index contributed by atoms with van der Waals surface area (Å²) in [5, 5.41) is 3.10. The Bertz CT molecular complexity index is 317. The SMILES string of the molecule is CNCC/C=C/c1ccc(OC(C)C)nc1. The number of nitrogens with zero attached hydrogens (tertiary/aromatic N) is 1. The summed E-state index contributed by atoms with van der Waals surface area (Å²) in [7, 11) is 1.95. The van der Waals surface area contributed by atoms with Gasteiger partial charge >= 0.3 is 0 Å². The number of hydrogen-bond donors (Lipinski definition) is 1. The van der Waals surface area contributed by atoms with E-state index in [-0.39, 0.29) is 6.10 Å². The van der Waals surface area contributed by atoms with Gasteiger partial charge in [-0.1, -0.05) is 12.2 Å². The molecule has 0 spiro atoms. The first kappa shape index (κ1) is 12.7. The maximum Gasteiger partial charge on any atom is 0.213 e. The highest BCUT2D eigenvalue weighted by molar-refractivity contribution is 5.48. The normalized spacial score (nSPS) is 11.2. The molecule has 0 amide bonds. The molecule has 0 saturated carbocycles. The Labute approximate surface area is 97.5 Å². The van der Waals surface area contributed by atoms with Crippen molar-refractivity contribution in [3.05, 3.63) is 30.0 Å². The third kappa shape index (κ3) is 4.94. The van der Waals surface area contributed by atoms with Crippen molar-refractivity contribution in [2.24, 2.45) is 0 Å². The highest BCUT2D eigenvalue weighted by atomic mass is 16.5. The van der Waals surface area contributed by atoms with E-state index in [0.29, 0.717) is 5.88 Å². The Morgan fingerprint density at radius 2 is 2.25 bits per heavy atom. The Kier molecular flexibility index (Phi) is 5.57. The Hall–Kier alpha value is -1.35. The fourth-order valence-electron chi connectivity index (χ4n) is 1.25. The second-order valence-corrected chi connectivity index (χ2v) is 3.89. The number of aromatic nitrogens is 1. The molecule has 0 saturated heterocycles. The molecule has 0 bridgehead atoms. The van der Waals surface area contributed by atoms with Gasteiger partial charge in [0, 0.05) is 12.3 Å². The molecule has 0 aliphatic rings. The van der Waals surface area contributed by atoms with Gasteiger partial charge in [-0.25, -0.2) is 4.98 Å². The summed E-state index contributed by atoms with van der Waals surface area (Å²) in [4.78, 5) is 4.23. The molecule has 1 rings (SSSR count). The van der Waals surface area contributed by atoms with E-state index in [2.05, 4.69) is 22.5 Å². The van der Waals surface area contributed by atoms with Gasteiger partial charge in [-0.15, -0.1) is 0 Å². The quantitative estimate of drug-likeness (QED) is 0.748. The van der Waals surface area contributed by atoms with E-state index in [1.165, 1.54) is 0 Å². The van der Waals surface area contributed by atoms with Crippen molar-refractivity contribution in [1.29, 1.82) is 0 Å². The van der Waals surface area contributed by atoms with Gasteiger partial charge in [-0.2, -0.15) is 0 Å². The highest BCUT2D eigenvalue weighted by Crippen LogP contribution is 2.10. The molecule has 1 aromatic heterocycles. The van der Waals surface area contributed by atoms with Crippen LogP contribution in [0, 0.1) is 0 Å². The van der Waals surface area contributed by atoms with Gasteiger partial charge < -0.3 is 10.1 Å². The van der Waals surface area contributed by atoms with Crippen LogP contribution in [0.25, 0.3) is 6.08 Å². The average molecular weight is 220 g/mol. The van der Waals surface area contributed by atoms with Crippen molar-refractivity contribution in [1.82, 2.24) is 10.3 Å². The van der Waals surface area contributed by atoms with Crippen LogP contribution >= 0.6 is 0 Å². The number of ether oxygens (including phenoxy) is 1. The molecule has 0 aliphatic heterocycles. The van der Waals surface area contributed by atoms with Crippen LogP contribution in [0.15, 0.2) is 24.4 Å². The molecule has 0 aliphatic carbocycles. The maximum atomic E-state index is 5.47. The lowest BCUT2D eigenvalue weighted by molar-refractivity contribution is 0.232. The van der Waals surface area contributed by atoms with E-state index in [9.17, 15) is 0 Å². The van der Waals surface area contributed by atoms with Gasteiger partial charge in [0.15, 0.2) is 0 Å². The number of rotatable bonds is 6. The molecule has 0 radical (unpaired) electrons. The summed E-state index contributed by atoms with van der Waals surface area (Å²) in [5.74, 6) is 0.683. The van der Waals surface area contributed by atoms with Crippen molar-refractivity contribution >= 4 is 6.08 Å². The molecule has 0 unspecified atom stereocenters. The smallest absolute Gasteiger partial charge is 0.213 e. The topological polar surface area (TPSA) is 34.1 Å². The minimum Gasteiger partial charge on any atom is -0.475 e. The molecule has 3 heteroatoms. The van der Waals surface area contributed by atoms with Gasteiger partial charge in [-0.05, 0) is 45.5 Å². The fourth-order valence-corrected chi connectivity index (χ4v) is 1.25. The second-order valence-electron chi connectivity index (χ2n) is 3.89. The van der Waals surface area contributed by atoms with Crippen LogP contribution in [0.1, 0.15) is 25.8 Å². The van der Waals surface area contributed by atoms with Crippen LogP contribution in [0.3, 0.4) is 0 Å². The largest absolute Gasteiger partial charge is 0.475 e. The van der Waals surface area contributed by atoms with Crippen molar-refractivity contribution < 1.29 is 4.74 Å². The zero-order valence-electron chi connectivity index (χ0n) is 10.2. The molecular weight excluding hydrogens is 200 g/mol. The van der Waals surface area contributed by atoms with Gasteiger partial charge in [0.2, 0.25) is 5.88 Å². The minimum absolute atomic E-state index is 0.171. The molecular formula is C13H20N2O. The highest BCUT2D eigenvalue weighted by Gasteiger charge is 1.97. The van der Waals surface area contributed by atoms with Crippen molar-refractivity contribution in [3.63, 3.8) is 0 Å². The number of pyridine rings is 1. The second kappa shape index (κ2) is 7.01. The molecule has 1 aromatic rings. The predicted molar refractivity (Wildman–Crippen MR) is 67.6 cm³/mol. The Balaban J connectivity index is 2.47. The summed E-state index contributed by atoms with van der Waals surface area (Å²) < 4.78 is 5.47. The molecule has 0 aromatic carbocycles. The maximum absolute atomic E-state index is 5.47. The summed E-state index contributed by atoms with van der Waals surface area (Å²) in [6.45, 7) is 4.99. The third-order valence-electron chi connectivity index (χ3n) is 1.99. The van der Waals surface area contributed by atoms with Crippen molar-refractivity contribution in [2.45, 2.75) is 26.4 Å². The lowest BCUT2D eigenvalue weighted by Crippen LogP contribution is -2.06. The molecule has 1 heterocycles. The lowest BCUT2D eigenvalue weighted by atomic mass is 10.2. The molecule has 0 fully saturated rings. The lowest BCUT2D eigenvalue weighted by Gasteiger charge is -2.07. The zero-order chi connectivity index (χ0) is 11.8. The van der Waals surface area contributed by atoms with Crippen LogP contribution in [-0.4, -0.2) is 24.7 Å². The third-order valence-corrected chi connectivity index (χ3v) is 1.99. The number of nitrogens with one attached hydrogen (secondary N) is 1. The van der Waals surface area contributed by atoms with Crippen LogP contribution in [0.5, 0.6) is 5.88 Å². The summed E-state index contributed by atoms with van der Waals surface area (Å²) in [5.41, 5.74) is 1.10. The summed E-state index contributed by atoms with van der Waals surface area (Å²) >= 11 is 0. The number of hydrogen-bond acceptors (Lipinski definition) is 3. The van der Waals surface area contributed by atoms with Crippen LogP contribution < -0.4 is 10.1 Å². The van der Waals surface area contributed by atoms with Crippen molar-refractivity contribution in [2.75, 3.05) is 13.6 Å². The minimum atomic E-state index is 0.171. The Morgan fingerprint density at radius 1 is 1.44 bits per heavy atom. The van der Waals surface area contributed by atoms with Gasteiger partial charge in [0.1, 0.15) is 0 Å². The average Bonchev–Trinajstić information content (AvgIpc) is 2.26. The predicted octanol–water partition coefficient (Wildman–Crippen LogP) is 2.49. The van der Waals surface area contributed by atoms with Gasteiger partial charge in [0.25, 0.3) is 0 Å². The van der Waals surface area contributed by atoms with Crippen molar-refractivity contribution in [3.8, 4) is 5.88 Å².